The van der Waals surface area contributed by atoms with E-state index in [9.17, 15) is 4.79 Å². The number of carbonyl (C=O) groups is 1. The van der Waals surface area contributed by atoms with Crippen LogP contribution in [-0.2, 0) is 9.53 Å². The molecule has 1 amide bonds. The fraction of sp³-hybridized carbons (Fsp3) is 0.462. The molecule has 1 aromatic carbocycles. The molecule has 0 aliphatic rings. The molecule has 0 bridgehead atoms. The highest BCUT2D eigenvalue weighted by Gasteiger charge is 2.16. The molecule has 1 unspecified atom stereocenters. The van der Waals surface area contributed by atoms with Gasteiger partial charge in [-0.3, -0.25) is 4.79 Å². The lowest BCUT2D eigenvalue weighted by Gasteiger charge is -2.17. The first-order chi connectivity index (χ1) is 8.54. The Balaban J connectivity index is 2.51. The van der Waals surface area contributed by atoms with Gasteiger partial charge in [-0.15, -0.1) is 0 Å². The van der Waals surface area contributed by atoms with Crippen molar-refractivity contribution in [1.82, 2.24) is 5.32 Å². The van der Waals surface area contributed by atoms with Gasteiger partial charge in [-0.05, 0) is 31.0 Å². The summed E-state index contributed by atoms with van der Waals surface area (Å²) >= 11 is 3.38. The summed E-state index contributed by atoms with van der Waals surface area (Å²) in [6.45, 7) is 2.42. The summed E-state index contributed by atoms with van der Waals surface area (Å²) in [5.74, 6) is -0.150. The molecule has 1 aromatic rings. The third kappa shape index (κ3) is 4.76. The molecule has 3 N–H and O–H groups in total. The number of halogens is 1. The Labute approximate surface area is 116 Å². The number of benzene rings is 1. The third-order valence-corrected chi connectivity index (χ3v) is 3.23. The Hall–Kier alpha value is -0.910. The van der Waals surface area contributed by atoms with Crippen LogP contribution >= 0.6 is 15.9 Å². The minimum atomic E-state index is -0.525. The lowest BCUT2D eigenvalue weighted by atomic mass is 10.1. The average Bonchev–Trinajstić information content (AvgIpc) is 2.36. The van der Waals surface area contributed by atoms with Crippen molar-refractivity contribution in [3.05, 3.63) is 34.3 Å². The lowest BCUT2D eigenvalue weighted by molar-refractivity contribution is -0.123. The van der Waals surface area contributed by atoms with Gasteiger partial charge in [0.25, 0.3) is 0 Å². The van der Waals surface area contributed by atoms with Gasteiger partial charge in [-0.2, -0.15) is 0 Å². The van der Waals surface area contributed by atoms with Gasteiger partial charge in [-0.25, -0.2) is 0 Å². The number of methoxy groups -OCH3 is 1. The van der Waals surface area contributed by atoms with Gasteiger partial charge in [0.15, 0.2) is 0 Å². The van der Waals surface area contributed by atoms with Crippen molar-refractivity contribution in [3.8, 4) is 0 Å². The summed E-state index contributed by atoms with van der Waals surface area (Å²) in [5.41, 5.74) is 6.80. The second kappa shape index (κ2) is 7.51. The van der Waals surface area contributed by atoms with E-state index in [0.717, 1.165) is 10.0 Å². The molecule has 0 radical (unpaired) electrons. The minimum absolute atomic E-state index is 0.0563. The van der Waals surface area contributed by atoms with Gasteiger partial charge < -0.3 is 15.8 Å². The first kappa shape index (κ1) is 15.1. The van der Waals surface area contributed by atoms with Crippen LogP contribution in [0.15, 0.2) is 28.7 Å². The predicted octanol–water partition coefficient (Wildman–Crippen LogP) is 1.99. The van der Waals surface area contributed by atoms with Crippen molar-refractivity contribution >= 4 is 21.8 Å². The molecular weight excluding hydrogens is 296 g/mol. The summed E-state index contributed by atoms with van der Waals surface area (Å²) in [7, 11) is 1.59. The van der Waals surface area contributed by atoms with Gasteiger partial charge >= 0.3 is 0 Å². The summed E-state index contributed by atoms with van der Waals surface area (Å²) in [6.07, 6.45) is 0.523. The molecular formula is C13H19BrN2O2. The van der Waals surface area contributed by atoms with Gasteiger partial charge in [0.1, 0.15) is 0 Å². The Morgan fingerprint density at radius 2 is 2.06 bits per heavy atom. The zero-order chi connectivity index (χ0) is 13.5. The Morgan fingerprint density at radius 1 is 1.44 bits per heavy atom. The summed E-state index contributed by atoms with van der Waals surface area (Å²) in [4.78, 5) is 11.8. The smallest absolute Gasteiger partial charge is 0.237 e. The van der Waals surface area contributed by atoms with Crippen LogP contribution < -0.4 is 11.1 Å². The highest BCUT2D eigenvalue weighted by atomic mass is 79.9. The molecule has 0 heterocycles. The van der Waals surface area contributed by atoms with E-state index in [1.165, 1.54) is 0 Å². The third-order valence-electron chi connectivity index (χ3n) is 2.70. The van der Waals surface area contributed by atoms with Crippen LogP contribution in [0.5, 0.6) is 0 Å². The van der Waals surface area contributed by atoms with Crippen LogP contribution in [0.4, 0.5) is 0 Å². The van der Waals surface area contributed by atoms with Gasteiger partial charge in [0.05, 0.1) is 12.1 Å². The number of hydrogen-bond donors (Lipinski definition) is 2. The van der Waals surface area contributed by atoms with Crippen LogP contribution in [0.2, 0.25) is 0 Å². The van der Waals surface area contributed by atoms with Crippen LogP contribution in [0.25, 0.3) is 0 Å². The molecule has 0 aliphatic heterocycles. The monoisotopic (exact) mass is 314 g/mol. The number of nitrogens with one attached hydrogen (secondary N) is 1. The molecule has 5 heteroatoms. The summed E-state index contributed by atoms with van der Waals surface area (Å²) in [6, 6.07) is 7.25. The van der Waals surface area contributed by atoms with Crippen molar-refractivity contribution in [1.29, 1.82) is 0 Å². The van der Waals surface area contributed by atoms with Crippen LogP contribution in [0.1, 0.15) is 24.9 Å². The number of amides is 1. The standard InChI is InChI=1S/C13H19BrN2O2/c1-9(10-3-5-11(14)6-4-10)16-13(17)12(15)7-8-18-2/h3-6,9,12H,7-8,15H2,1-2H3,(H,16,17)/t9-,12?/m1/s1. The van der Waals surface area contributed by atoms with Crippen LogP contribution in [-0.4, -0.2) is 25.7 Å². The zero-order valence-corrected chi connectivity index (χ0v) is 12.2. The lowest BCUT2D eigenvalue weighted by Crippen LogP contribution is -2.42. The normalized spacial score (nSPS) is 14.0. The number of hydrogen-bond acceptors (Lipinski definition) is 3. The predicted molar refractivity (Wildman–Crippen MR) is 75.2 cm³/mol. The molecule has 100 valence electrons. The van der Waals surface area contributed by atoms with E-state index >= 15 is 0 Å². The highest BCUT2D eigenvalue weighted by Crippen LogP contribution is 2.16. The average molecular weight is 315 g/mol. The van der Waals surface area contributed by atoms with Gasteiger partial charge in [0.2, 0.25) is 5.91 Å². The van der Waals surface area contributed by atoms with E-state index in [2.05, 4.69) is 21.2 Å². The van der Waals surface area contributed by atoms with E-state index in [4.69, 9.17) is 10.5 Å². The summed E-state index contributed by atoms with van der Waals surface area (Å²) in [5, 5.41) is 2.89. The first-order valence-electron chi connectivity index (χ1n) is 5.85. The summed E-state index contributed by atoms with van der Waals surface area (Å²) < 4.78 is 5.92. The number of carbonyl (C=O) groups excluding carboxylic acids is 1. The number of ether oxygens (including phenoxy) is 1. The fourth-order valence-corrected chi connectivity index (χ4v) is 1.80. The molecule has 2 atom stereocenters. The minimum Gasteiger partial charge on any atom is -0.385 e. The molecule has 0 aromatic heterocycles. The van der Waals surface area contributed by atoms with Gasteiger partial charge in [0, 0.05) is 18.2 Å². The van der Waals surface area contributed by atoms with E-state index < -0.39 is 6.04 Å². The highest BCUT2D eigenvalue weighted by molar-refractivity contribution is 9.10. The molecule has 0 fully saturated rings. The van der Waals surface area contributed by atoms with Gasteiger partial charge in [-0.1, -0.05) is 28.1 Å². The van der Waals surface area contributed by atoms with Crippen LogP contribution in [0.3, 0.4) is 0 Å². The maximum Gasteiger partial charge on any atom is 0.237 e. The van der Waals surface area contributed by atoms with E-state index in [1.807, 2.05) is 31.2 Å². The maximum atomic E-state index is 11.8. The van der Waals surface area contributed by atoms with E-state index in [-0.39, 0.29) is 11.9 Å². The van der Waals surface area contributed by atoms with Crippen LogP contribution in [0, 0.1) is 0 Å². The SMILES string of the molecule is COCCC(N)C(=O)N[C@H](C)c1ccc(Br)cc1. The topological polar surface area (TPSA) is 64.3 Å². The van der Waals surface area contributed by atoms with E-state index in [0.29, 0.717) is 13.0 Å². The number of rotatable bonds is 6. The Kier molecular flexibility index (Phi) is 6.32. The van der Waals surface area contributed by atoms with Crippen molar-refractivity contribution < 1.29 is 9.53 Å². The Bertz CT molecular complexity index is 381. The maximum absolute atomic E-state index is 11.8. The molecule has 0 saturated heterocycles. The van der Waals surface area contributed by atoms with Crippen molar-refractivity contribution in [3.63, 3.8) is 0 Å². The van der Waals surface area contributed by atoms with Crippen molar-refractivity contribution in [2.75, 3.05) is 13.7 Å². The molecule has 18 heavy (non-hydrogen) atoms. The molecule has 0 aliphatic carbocycles. The number of nitrogens with two attached hydrogens (primary N) is 1. The second-order valence-corrected chi connectivity index (χ2v) is 5.09. The molecule has 4 nitrogen and oxygen atoms in total. The Morgan fingerprint density at radius 3 is 2.61 bits per heavy atom. The second-order valence-electron chi connectivity index (χ2n) is 4.17. The largest absolute Gasteiger partial charge is 0.385 e. The fourth-order valence-electron chi connectivity index (χ4n) is 1.53. The van der Waals surface area contributed by atoms with E-state index in [1.54, 1.807) is 7.11 Å². The molecule has 0 spiro atoms. The quantitative estimate of drug-likeness (QED) is 0.844. The first-order valence-corrected chi connectivity index (χ1v) is 6.64. The van der Waals surface area contributed by atoms with Crippen molar-refractivity contribution in [2.24, 2.45) is 5.73 Å². The molecule has 1 rings (SSSR count). The zero-order valence-electron chi connectivity index (χ0n) is 10.7. The molecule has 0 saturated carbocycles. The van der Waals surface area contributed by atoms with Crippen molar-refractivity contribution in [2.45, 2.75) is 25.4 Å².